The first-order valence-corrected chi connectivity index (χ1v) is 12.1. The fourth-order valence-electron chi connectivity index (χ4n) is 5.60. The minimum absolute atomic E-state index is 0.0995. The van der Waals surface area contributed by atoms with Gasteiger partial charge in [-0.1, -0.05) is 18.9 Å². The van der Waals surface area contributed by atoms with Crippen LogP contribution < -0.4 is 15.5 Å². The van der Waals surface area contributed by atoms with Gasteiger partial charge in [0.05, 0.1) is 29.5 Å². The molecule has 0 aromatic carbocycles. The van der Waals surface area contributed by atoms with Gasteiger partial charge in [0, 0.05) is 33.1 Å². The Labute approximate surface area is 194 Å². The van der Waals surface area contributed by atoms with Crippen molar-refractivity contribution in [3.05, 3.63) is 41.7 Å². The number of fused-ring (bicyclic) bond motifs is 1. The number of imide groups is 1. The van der Waals surface area contributed by atoms with Gasteiger partial charge in [0.15, 0.2) is 0 Å². The van der Waals surface area contributed by atoms with Crippen LogP contribution in [0.4, 0.5) is 17.3 Å². The van der Waals surface area contributed by atoms with E-state index in [-0.39, 0.29) is 29.7 Å². The maximum Gasteiger partial charge on any atom is 0.239 e. The van der Waals surface area contributed by atoms with Crippen LogP contribution in [0, 0.1) is 5.92 Å². The van der Waals surface area contributed by atoms with Crippen molar-refractivity contribution >= 4 is 29.1 Å². The molecule has 2 aliphatic heterocycles. The molecule has 2 fully saturated rings. The van der Waals surface area contributed by atoms with Gasteiger partial charge in [-0.25, -0.2) is 9.97 Å². The Morgan fingerprint density at radius 2 is 1.82 bits per heavy atom. The van der Waals surface area contributed by atoms with Gasteiger partial charge >= 0.3 is 0 Å². The van der Waals surface area contributed by atoms with E-state index >= 15 is 0 Å². The Morgan fingerprint density at radius 1 is 1.09 bits per heavy atom. The van der Waals surface area contributed by atoms with Gasteiger partial charge in [-0.2, -0.15) is 0 Å². The number of nitrogens with zero attached hydrogens (tertiary/aromatic N) is 4. The molecule has 1 saturated carbocycles. The highest BCUT2D eigenvalue weighted by atomic mass is 16.2. The number of aromatic nitrogens is 2. The molecule has 8 heteroatoms. The first-order chi connectivity index (χ1) is 16.0. The predicted molar refractivity (Wildman–Crippen MR) is 127 cm³/mol. The number of carbonyl (C=O) groups excluding carboxylic acids is 2. The molecule has 4 heterocycles. The highest BCUT2D eigenvalue weighted by Crippen LogP contribution is 2.45. The molecule has 2 aromatic heterocycles. The van der Waals surface area contributed by atoms with Crippen LogP contribution in [0.5, 0.6) is 0 Å². The van der Waals surface area contributed by atoms with E-state index in [2.05, 4.69) is 26.6 Å². The quantitative estimate of drug-likeness (QED) is 0.741. The number of amides is 2. The van der Waals surface area contributed by atoms with Crippen LogP contribution in [0.15, 0.2) is 30.5 Å². The zero-order valence-electron chi connectivity index (χ0n) is 19.4. The third-order valence-electron chi connectivity index (χ3n) is 7.29. The van der Waals surface area contributed by atoms with E-state index in [0.29, 0.717) is 5.82 Å². The number of hydrogen-bond donors (Lipinski definition) is 2. The molecule has 2 unspecified atom stereocenters. The number of pyridine rings is 2. The molecule has 33 heavy (non-hydrogen) atoms. The lowest BCUT2D eigenvalue weighted by Gasteiger charge is -2.39. The number of carbonyl (C=O) groups is 2. The fourth-order valence-corrected chi connectivity index (χ4v) is 5.60. The molecule has 8 nitrogen and oxygen atoms in total. The van der Waals surface area contributed by atoms with Crippen LogP contribution in [0.1, 0.15) is 62.7 Å². The summed E-state index contributed by atoms with van der Waals surface area (Å²) in [5.41, 5.74) is 2.90. The third kappa shape index (κ3) is 4.19. The van der Waals surface area contributed by atoms with Crippen LogP contribution in [0.25, 0.3) is 0 Å². The lowest BCUT2D eigenvalue weighted by molar-refractivity contribution is -0.149. The molecule has 0 radical (unpaired) electrons. The zero-order chi connectivity index (χ0) is 22.9. The molecule has 0 bridgehead atoms. The predicted octanol–water partition coefficient (Wildman–Crippen LogP) is 3.35. The number of rotatable bonds is 4. The smallest absolute Gasteiger partial charge is 0.239 e. The van der Waals surface area contributed by atoms with Crippen molar-refractivity contribution in [3.8, 4) is 0 Å². The second-order valence-corrected chi connectivity index (χ2v) is 9.36. The normalized spacial score (nSPS) is 23.5. The lowest BCUT2D eigenvalue weighted by Crippen LogP contribution is -2.46. The standard InChI is InChI=1S/C25H32N6O2/c1-16-20-8-10-22(28-21-9-7-19(15-27-21)30-13-11-26-12-14-30)29-24(20)23(18-5-3-4-6-18)25(33)31(16)17(2)32/h7-10,15-16,18,23,26H,3-6,11-14H2,1-2H3,(H,27,28,29). The zero-order valence-corrected chi connectivity index (χ0v) is 19.4. The first kappa shape index (κ1) is 21.8. The fraction of sp³-hybridized carbons (Fsp3) is 0.520. The summed E-state index contributed by atoms with van der Waals surface area (Å²) in [6.45, 7) is 7.32. The molecule has 2 aromatic rings. The van der Waals surface area contributed by atoms with Crippen LogP contribution >= 0.6 is 0 Å². The summed E-state index contributed by atoms with van der Waals surface area (Å²) in [5, 5.41) is 6.68. The number of hydrogen-bond acceptors (Lipinski definition) is 7. The third-order valence-corrected chi connectivity index (χ3v) is 7.29. The van der Waals surface area contributed by atoms with E-state index in [9.17, 15) is 9.59 Å². The van der Waals surface area contributed by atoms with Crippen molar-refractivity contribution in [1.29, 1.82) is 0 Å². The van der Waals surface area contributed by atoms with Crippen molar-refractivity contribution in [1.82, 2.24) is 20.2 Å². The molecule has 174 valence electrons. The summed E-state index contributed by atoms with van der Waals surface area (Å²) in [6, 6.07) is 7.67. The van der Waals surface area contributed by atoms with Gasteiger partial charge in [-0.15, -0.1) is 0 Å². The van der Waals surface area contributed by atoms with E-state index < -0.39 is 0 Å². The van der Waals surface area contributed by atoms with Crippen molar-refractivity contribution in [2.24, 2.45) is 5.92 Å². The van der Waals surface area contributed by atoms with Gasteiger partial charge in [0.1, 0.15) is 11.6 Å². The SMILES string of the molecule is CC(=O)N1C(=O)C(C2CCCC2)c2nc(Nc3ccc(N4CCNCC4)cn3)ccc2C1C. The van der Waals surface area contributed by atoms with Gasteiger partial charge in [-0.3, -0.25) is 14.5 Å². The van der Waals surface area contributed by atoms with E-state index in [1.54, 1.807) is 0 Å². The van der Waals surface area contributed by atoms with Crippen molar-refractivity contribution in [2.75, 3.05) is 36.4 Å². The molecule has 0 spiro atoms. The van der Waals surface area contributed by atoms with Gasteiger partial charge < -0.3 is 15.5 Å². The Morgan fingerprint density at radius 3 is 2.48 bits per heavy atom. The average Bonchev–Trinajstić information content (AvgIpc) is 3.34. The number of anilines is 3. The molecule has 2 atom stereocenters. The molecule has 1 saturated heterocycles. The number of nitrogens with one attached hydrogen (secondary N) is 2. The summed E-state index contributed by atoms with van der Waals surface area (Å²) in [4.78, 5) is 39.0. The molecular weight excluding hydrogens is 416 g/mol. The van der Waals surface area contributed by atoms with Crippen molar-refractivity contribution < 1.29 is 9.59 Å². The van der Waals surface area contributed by atoms with Crippen LogP contribution in [-0.2, 0) is 9.59 Å². The van der Waals surface area contributed by atoms with E-state index in [0.717, 1.165) is 74.6 Å². The first-order valence-electron chi connectivity index (χ1n) is 12.1. The topological polar surface area (TPSA) is 90.5 Å². The number of piperazine rings is 1. The minimum Gasteiger partial charge on any atom is -0.368 e. The Balaban J connectivity index is 1.42. The van der Waals surface area contributed by atoms with Crippen molar-refractivity contribution in [2.45, 2.75) is 51.5 Å². The Kier molecular flexibility index (Phi) is 6.01. The summed E-state index contributed by atoms with van der Waals surface area (Å²) in [5.74, 6) is 0.988. The maximum atomic E-state index is 13.4. The Hall–Kier alpha value is -3.00. The van der Waals surface area contributed by atoms with Gasteiger partial charge in [0.25, 0.3) is 0 Å². The molecular formula is C25H32N6O2. The largest absolute Gasteiger partial charge is 0.368 e. The second kappa shape index (κ2) is 9.09. The van der Waals surface area contributed by atoms with Gasteiger partial charge in [-0.05, 0) is 49.4 Å². The summed E-state index contributed by atoms with van der Waals surface area (Å²) in [7, 11) is 0. The van der Waals surface area contributed by atoms with Crippen molar-refractivity contribution in [3.63, 3.8) is 0 Å². The highest BCUT2D eigenvalue weighted by Gasteiger charge is 2.44. The van der Waals surface area contributed by atoms with Crippen LogP contribution in [0.3, 0.4) is 0 Å². The van der Waals surface area contributed by atoms with Crippen LogP contribution in [-0.4, -0.2) is 52.9 Å². The Bertz CT molecular complexity index is 1030. The molecule has 2 amide bonds. The van der Waals surface area contributed by atoms with E-state index in [1.807, 2.05) is 31.3 Å². The molecule has 1 aliphatic carbocycles. The van der Waals surface area contributed by atoms with Crippen LogP contribution in [0.2, 0.25) is 0 Å². The van der Waals surface area contributed by atoms with Gasteiger partial charge in [0.2, 0.25) is 11.8 Å². The van der Waals surface area contributed by atoms with E-state index in [1.165, 1.54) is 11.8 Å². The second-order valence-electron chi connectivity index (χ2n) is 9.36. The maximum absolute atomic E-state index is 13.4. The highest BCUT2D eigenvalue weighted by molar-refractivity contribution is 5.99. The molecule has 3 aliphatic rings. The monoisotopic (exact) mass is 448 g/mol. The molecule has 2 N–H and O–H groups in total. The summed E-state index contributed by atoms with van der Waals surface area (Å²) in [6.07, 6.45) is 6.15. The lowest BCUT2D eigenvalue weighted by atomic mass is 9.80. The average molecular weight is 449 g/mol. The summed E-state index contributed by atoms with van der Waals surface area (Å²) < 4.78 is 0. The molecule has 5 rings (SSSR count). The van der Waals surface area contributed by atoms with E-state index in [4.69, 9.17) is 4.98 Å². The minimum atomic E-state index is -0.354. The summed E-state index contributed by atoms with van der Waals surface area (Å²) >= 11 is 0.